The molecule has 0 atom stereocenters. The number of benzene rings is 1. The summed E-state index contributed by atoms with van der Waals surface area (Å²) in [6, 6.07) is 11.5. The maximum Gasteiger partial charge on any atom is 0.272 e. The van der Waals surface area contributed by atoms with E-state index in [0.717, 1.165) is 24.3 Å². The van der Waals surface area contributed by atoms with Crippen molar-refractivity contribution in [3.8, 4) is 0 Å². The van der Waals surface area contributed by atoms with Crippen LogP contribution < -0.4 is 11.1 Å². The monoisotopic (exact) mass is 284 g/mol. The largest absolute Gasteiger partial charge is 0.399 e. The van der Waals surface area contributed by atoms with Crippen LogP contribution >= 0.6 is 0 Å². The van der Waals surface area contributed by atoms with E-state index < -0.39 is 0 Å². The van der Waals surface area contributed by atoms with Gasteiger partial charge in [0, 0.05) is 38.2 Å². The molecule has 0 aliphatic carbocycles. The molecule has 21 heavy (non-hydrogen) atoms. The van der Waals surface area contributed by atoms with Crippen molar-refractivity contribution in [3.05, 3.63) is 53.9 Å². The number of aromatic nitrogens is 1. The van der Waals surface area contributed by atoms with Crippen molar-refractivity contribution in [1.82, 2.24) is 9.88 Å². The normalized spacial score (nSPS) is 10.2. The Balaban J connectivity index is 1.93. The Hall–Kier alpha value is -2.56. The first-order valence-electron chi connectivity index (χ1n) is 6.82. The van der Waals surface area contributed by atoms with Crippen LogP contribution in [-0.4, -0.2) is 36.4 Å². The summed E-state index contributed by atoms with van der Waals surface area (Å²) in [5, 5.41) is 3.30. The maximum atomic E-state index is 11.8. The first-order valence-corrected chi connectivity index (χ1v) is 6.82. The van der Waals surface area contributed by atoms with E-state index >= 15 is 0 Å². The molecule has 0 spiro atoms. The number of carbonyl (C=O) groups excluding carboxylic acids is 1. The van der Waals surface area contributed by atoms with Gasteiger partial charge in [-0.25, -0.2) is 0 Å². The molecule has 3 N–H and O–H groups in total. The molecular weight excluding hydrogens is 264 g/mol. The lowest BCUT2D eigenvalue weighted by Crippen LogP contribution is -2.22. The fraction of sp³-hybridized carbons (Fsp3) is 0.250. The van der Waals surface area contributed by atoms with Gasteiger partial charge in [-0.05, 0) is 36.2 Å². The van der Waals surface area contributed by atoms with Gasteiger partial charge in [0.25, 0.3) is 5.91 Å². The Bertz CT molecular complexity index is 608. The Kier molecular flexibility index (Phi) is 4.77. The molecular formula is C16H20N4O. The Morgan fingerprint density at radius 2 is 1.95 bits per heavy atom. The van der Waals surface area contributed by atoms with Crippen LogP contribution in [0, 0.1) is 0 Å². The van der Waals surface area contributed by atoms with Crippen LogP contribution in [0.1, 0.15) is 16.1 Å². The van der Waals surface area contributed by atoms with Crippen LogP contribution in [0.5, 0.6) is 0 Å². The second-order valence-corrected chi connectivity index (χ2v) is 5.05. The van der Waals surface area contributed by atoms with Gasteiger partial charge in [-0.3, -0.25) is 9.78 Å². The van der Waals surface area contributed by atoms with E-state index in [-0.39, 0.29) is 5.91 Å². The third-order valence-electron chi connectivity index (χ3n) is 3.11. The summed E-state index contributed by atoms with van der Waals surface area (Å²) in [5.74, 6) is -0.0998. The molecule has 2 rings (SSSR count). The van der Waals surface area contributed by atoms with Gasteiger partial charge >= 0.3 is 0 Å². The second kappa shape index (κ2) is 6.74. The minimum atomic E-state index is -0.0998. The van der Waals surface area contributed by atoms with Crippen LogP contribution in [0.15, 0.2) is 42.6 Å². The highest BCUT2D eigenvalue weighted by Gasteiger charge is 2.09. The SMILES string of the molecule is CN(C)C(=O)c1cc(NCCc2ccc(N)cc2)ccn1. The van der Waals surface area contributed by atoms with Crippen LogP contribution in [0.25, 0.3) is 0 Å². The van der Waals surface area contributed by atoms with Crippen LogP contribution in [0.4, 0.5) is 11.4 Å². The van der Waals surface area contributed by atoms with Crippen LogP contribution in [0.3, 0.4) is 0 Å². The molecule has 0 aliphatic rings. The molecule has 0 saturated carbocycles. The topological polar surface area (TPSA) is 71.2 Å². The third-order valence-corrected chi connectivity index (χ3v) is 3.11. The summed E-state index contributed by atoms with van der Waals surface area (Å²) in [4.78, 5) is 17.5. The highest BCUT2D eigenvalue weighted by Crippen LogP contribution is 2.10. The zero-order valence-electron chi connectivity index (χ0n) is 12.3. The van der Waals surface area contributed by atoms with E-state index in [4.69, 9.17) is 5.73 Å². The highest BCUT2D eigenvalue weighted by atomic mass is 16.2. The lowest BCUT2D eigenvalue weighted by molar-refractivity contribution is 0.0822. The van der Waals surface area contributed by atoms with Crippen LogP contribution in [-0.2, 0) is 6.42 Å². The molecule has 1 aromatic heterocycles. The molecule has 1 amide bonds. The molecule has 1 heterocycles. The molecule has 1 aromatic carbocycles. The van der Waals surface area contributed by atoms with Crippen molar-refractivity contribution >= 4 is 17.3 Å². The van der Waals surface area contributed by atoms with Crippen molar-refractivity contribution in [2.24, 2.45) is 0 Å². The standard InChI is InChI=1S/C16H20N4O/c1-20(2)16(21)15-11-14(8-10-19-15)18-9-7-12-3-5-13(17)6-4-12/h3-6,8,10-11H,7,9,17H2,1-2H3,(H,18,19). The first kappa shape index (κ1) is 14.8. The van der Waals surface area contributed by atoms with E-state index in [1.54, 1.807) is 26.4 Å². The quantitative estimate of drug-likeness (QED) is 0.824. The number of amides is 1. The van der Waals surface area contributed by atoms with E-state index in [0.29, 0.717) is 5.69 Å². The number of anilines is 2. The van der Waals surface area contributed by atoms with E-state index in [1.165, 1.54) is 10.5 Å². The van der Waals surface area contributed by atoms with Gasteiger partial charge in [-0.15, -0.1) is 0 Å². The summed E-state index contributed by atoms with van der Waals surface area (Å²) in [6.07, 6.45) is 2.53. The number of pyridine rings is 1. The number of nitrogens with one attached hydrogen (secondary N) is 1. The number of nitrogens with two attached hydrogens (primary N) is 1. The minimum Gasteiger partial charge on any atom is -0.399 e. The van der Waals surface area contributed by atoms with Crippen molar-refractivity contribution in [2.45, 2.75) is 6.42 Å². The predicted molar refractivity (Wildman–Crippen MR) is 85.3 cm³/mol. The van der Waals surface area contributed by atoms with E-state index in [9.17, 15) is 4.79 Å². The maximum absolute atomic E-state index is 11.8. The van der Waals surface area contributed by atoms with Gasteiger partial charge in [0.2, 0.25) is 0 Å². The number of carbonyl (C=O) groups is 1. The van der Waals surface area contributed by atoms with Gasteiger partial charge in [-0.1, -0.05) is 12.1 Å². The lowest BCUT2D eigenvalue weighted by atomic mass is 10.1. The Morgan fingerprint density at radius 3 is 2.62 bits per heavy atom. The molecule has 0 bridgehead atoms. The summed E-state index contributed by atoms with van der Waals surface area (Å²) in [6.45, 7) is 0.781. The predicted octanol–water partition coefficient (Wildman–Crippen LogP) is 2.02. The summed E-state index contributed by atoms with van der Waals surface area (Å²) in [7, 11) is 3.43. The lowest BCUT2D eigenvalue weighted by Gasteiger charge is -2.11. The number of nitrogen functional groups attached to an aromatic ring is 1. The Morgan fingerprint density at radius 1 is 1.24 bits per heavy atom. The van der Waals surface area contributed by atoms with Crippen molar-refractivity contribution in [2.75, 3.05) is 31.7 Å². The summed E-state index contributed by atoms with van der Waals surface area (Å²) >= 11 is 0. The number of hydrogen-bond acceptors (Lipinski definition) is 4. The smallest absolute Gasteiger partial charge is 0.272 e. The van der Waals surface area contributed by atoms with Crippen molar-refractivity contribution in [1.29, 1.82) is 0 Å². The summed E-state index contributed by atoms with van der Waals surface area (Å²) in [5.41, 5.74) is 8.98. The van der Waals surface area contributed by atoms with Gasteiger partial charge in [0.1, 0.15) is 5.69 Å². The van der Waals surface area contributed by atoms with Crippen molar-refractivity contribution < 1.29 is 4.79 Å². The highest BCUT2D eigenvalue weighted by molar-refractivity contribution is 5.92. The first-order chi connectivity index (χ1) is 10.1. The molecule has 0 saturated heterocycles. The fourth-order valence-electron chi connectivity index (χ4n) is 1.92. The third kappa shape index (κ3) is 4.21. The van der Waals surface area contributed by atoms with E-state index in [2.05, 4.69) is 10.3 Å². The minimum absolute atomic E-state index is 0.0998. The molecule has 0 radical (unpaired) electrons. The average Bonchev–Trinajstić information content (AvgIpc) is 2.49. The molecule has 5 nitrogen and oxygen atoms in total. The second-order valence-electron chi connectivity index (χ2n) is 5.05. The van der Waals surface area contributed by atoms with Gasteiger partial charge in [0.05, 0.1) is 0 Å². The Labute approximate surface area is 124 Å². The molecule has 5 heteroatoms. The summed E-state index contributed by atoms with van der Waals surface area (Å²) < 4.78 is 0. The number of nitrogens with zero attached hydrogens (tertiary/aromatic N) is 2. The molecule has 0 aliphatic heterocycles. The zero-order valence-corrected chi connectivity index (χ0v) is 12.3. The van der Waals surface area contributed by atoms with Crippen molar-refractivity contribution in [3.63, 3.8) is 0 Å². The molecule has 2 aromatic rings. The average molecular weight is 284 g/mol. The zero-order chi connectivity index (χ0) is 15.2. The fourth-order valence-corrected chi connectivity index (χ4v) is 1.92. The number of hydrogen-bond donors (Lipinski definition) is 2. The molecule has 0 fully saturated rings. The van der Waals surface area contributed by atoms with Gasteiger partial charge < -0.3 is 16.0 Å². The van der Waals surface area contributed by atoms with Gasteiger partial charge in [-0.2, -0.15) is 0 Å². The van der Waals surface area contributed by atoms with Gasteiger partial charge in [0.15, 0.2) is 0 Å². The van der Waals surface area contributed by atoms with Crippen LogP contribution in [0.2, 0.25) is 0 Å². The van der Waals surface area contributed by atoms with E-state index in [1.807, 2.05) is 30.3 Å². The molecule has 0 unspecified atom stereocenters. The number of rotatable bonds is 5. The molecule has 110 valence electrons.